The average Bonchev–Trinajstić information content (AvgIpc) is 2.78. The molecule has 0 bridgehead atoms. The van der Waals surface area contributed by atoms with Gasteiger partial charge in [-0.3, -0.25) is 4.79 Å². The van der Waals surface area contributed by atoms with E-state index in [2.05, 4.69) is 32.5 Å². The third-order valence-corrected chi connectivity index (χ3v) is 5.57. The van der Waals surface area contributed by atoms with Crippen molar-refractivity contribution in [2.45, 2.75) is 6.54 Å². The highest BCUT2D eigenvalue weighted by molar-refractivity contribution is 6.36. The number of anilines is 2. The zero-order chi connectivity index (χ0) is 20.9. The zero-order valence-corrected chi connectivity index (χ0v) is 17.8. The fourth-order valence-corrected chi connectivity index (χ4v) is 3.84. The summed E-state index contributed by atoms with van der Waals surface area (Å²) in [5, 5.41) is 12.8. The zero-order valence-electron chi connectivity index (χ0n) is 16.3. The fourth-order valence-electron chi connectivity index (χ4n) is 3.35. The molecule has 0 atom stereocenters. The predicted octanol–water partition coefficient (Wildman–Crippen LogP) is 4.36. The van der Waals surface area contributed by atoms with Crippen molar-refractivity contribution in [2.75, 3.05) is 36.4 Å². The smallest absolute Gasteiger partial charge is 0.255 e. The molecular formula is C22H21Cl2N5O. The van der Waals surface area contributed by atoms with Crippen LogP contribution in [-0.2, 0) is 6.54 Å². The Hall–Kier alpha value is -2.83. The number of hydrogen-bond acceptors (Lipinski definition) is 5. The summed E-state index contributed by atoms with van der Waals surface area (Å²) in [6.07, 6.45) is 0. The molecule has 1 fully saturated rings. The minimum Gasteiger partial charge on any atom is -0.365 e. The van der Waals surface area contributed by atoms with Crippen LogP contribution in [0.25, 0.3) is 0 Å². The van der Waals surface area contributed by atoms with E-state index < -0.39 is 0 Å². The van der Waals surface area contributed by atoms with E-state index in [9.17, 15) is 4.79 Å². The van der Waals surface area contributed by atoms with E-state index in [1.165, 1.54) is 5.56 Å². The number of amides is 1. The number of benzene rings is 2. The summed E-state index contributed by atoms with van der Waals surface area (Å²) >= 11 is 12.1. The molecule has 1 aliphatic rings. The number of carbonyl (C=O) groups is 1. The Kier molecular flexibility index (Phi) is 6.35. The first-order valence-corrected chi connectivity index (χ1v) is 10.5. The Bertz CT molecular complexity index is 1010. The molecule has 6 nitrogen and oxygen atoms in total. The van der Waals surface area contributed by atoms with Gasteiger partial charge in [-0.15, -0.1) is 10.2 Å². The van der Waals surface area contributed by atoms with Gasteiger partial charge in [-0.25, -0.2) is 0 Å². The molecule has 0 aliphatic carbocycles. The second-order valence-electron chi connectivity index (χ2n) is 7.02. The lowest BCUT2D eigenvalue weighted by atomic mass is 10.1. The van der Waals surface area contributed by atoms with Gasteiger partial charge in [0.25, 0.3) is 5.91 Å². The molecule has 2 heterocycles. The highest BCUT2D eigenvalue weighted by atomic mass is 35.5. The van der Waals surface area contributed by atoms with Crippen LogP contribution in [0.3, 0.4) is 0 Å². The molecule has 1 N–H and O–H groups in total. The summed E-state index contributed by atoms with van der Waals surface area (Å²) < 4.78 is 0. The highest BCUT2D eigenvalue weighted by Crippen LogP contribution is 2.23. The largest absolute Gasteiger partial charge is 0.365 e. The first kappa shape index (κ1) is 20.4. The number of hydrogen-bond donors (Lipinski definition) is 1. The van der Waals surface area contributed by atoms with Crippen LogP contribution in [0.2, 0.25) is 10.0 Å². The maximum absolute atomic E-state index is 12.8. The third kappa shape index (κ3) is 4.83. The van der Waals surface area contributed by atoms with Crippen molar-refractivity contribution >= 4 is 40.7 Å². The molecule has 8 heteroatoms. The van der Waals surface area contributed by atoms with Crippen LogP contribution < -0.4 is 10.2 Å². The lowest BCUT2D eigenvalue weighted by Gasteiger charge is -2.35. The molecule has 1 saturated heterocycles. The van der Waals surface area contributed by atoms with Gasteiger partial charge in [0.15, 0.2) is 5.82 Å². The van der Waals surface area contributed by atoms with Gasteiger partial charge in [0, 0.05) is 37.7 Å². The molecule has 1 aliphatic heterocycles. The topological polar surface area (TPSA) is 61.4 Å². The molecule has 0 saturated carbocycles. The molecule has 0 spiro atoms. The lowest BCUT2D eigenvalue weighted by molar-refractivity contribution is 0.0746. The summed E-state index contributed by atoms with van der Waals surface area (Å²) in [6.45, 7) is 3.24. The Morgan fingerprint density at radius 3 is 2.37 bits per heavy atom. The highest BCUT2D eigenvalue weighted by Gasteiger charge is 2.24. The summed E-state index contributed by atoms with van der Waals surface area (Å²) in [7, 11) is 0. The molecular weight excluding hydrogens is 421 g/mol. The van der Waals surface area contributed by atoms with E-state index in [1.807, 2.05) is 30.3 Å². The first-order chi connectivity index (χ1) is 14.6. The number of carbonyl (C=O) groups excluding carboxylic acids is 1. The van der Waals surface area contributed by atoms with Crippen LogP contribution in [0.5, 0.6) is 0 Å². The minimum atomic E-state index is -0.0807. The summed E-state index contributed by atoms with van der Waals surface area (Å²) in [5.74, 6) is 1.45. The number of halogens is 2. The van der Waals surface area contributed by atoms with Gasteiger partial charge in [-0.1, -0.05) is 53.5 Å². The van der Waals surface area contributed by atoms with Crippen molar-refractivity contribution in [1.29, 1.82) is 0 Å². The molecule has 154 valence electrons. The number of nitrogens with zero attached hydrogens (tertiary/aromatic N) is 4. The molecule has 0 radical (unpaired) electrons. The molecule has 0 unspecified atom stereocenters. The molecule has 3 aromatic rings. The second kappa shape index (κ2) is 9.32. The first-order valence-electron chi connectivity index (χ1n) is 9.71. The van der Waals surface area contributed by atoms with Crippen molar-refractivity contribution < 1.29 is 4.79 Å². The standard InChI is InChI=1S/C22H21Cl2N5O/c23-17-6-7-18(19(24)14-17)22(30)29-12-10-28(11-13-29)21-9-8-20(26-27-21)25-15-16-4-2-1-3-5-16/h1-9,14H,10-13,15H2,(H,25,26). The van der Waals surface area contributed by atoms with Crippen LogP contribution in [0.1, 0.15) is 15.9 Å². The molecule has 1 amide bonds. The second-order valence-corrected chi connectivity index (χ2v) is 7.86. The SMILES string of the molecule is O=C(c1ccc(Cl)cc1Cl)N1CCN(c2ccc(NCc3ccccc3)nn2)CC1. The van der Waals surface area contributed by atoms with Crippen molar-refractivity contribution in [1.82, 2.24) is 15.1 Å². The van der Waals surface area contributed by atoms with Gasteiger partial charge in [0.2, 0.25) is 0 Å². The van der Waals surface area contributed by atoms with E-state index in [-0.39, 0.29) is 5.91 Å². The normalized spacial score (nSPS) is 13.9. The van der Waals surface area contributed by atoms with Gasteiger partial charge in [0.05, 0.1) is 10.6 Å². The number of nitrogens with one attached hydrogen (secondary N) is 1. The van der Waals surface area contributed by atoms with Gasteiger partial charge < -0.3 is 15.1 Å². The van der Waals surface area contributed by atoms with Crippen molar-refractivity contribution in [2.24, 2.45) is 0 Å². The van der Waals surface area contributed by atoms with E-state index >= 15 is 0 Å². The Balaban J connectivity index is 1.32. The number of piperazine rings is 1. The molecule has 30 heavy (non-hydrogen) atoms. The van der Waals surface area contributed by atoms with Crippen molar-refractivity contribution in [3.63, 3.8) is 0 Å². The number of rotatable bonds is 5. The third-order valence-electron chi connectivity index (χ3n) is 5.02. The van der Waals surface area contributed by atoms with E-state index in [0.717, 1.165) is 11.6 Å². The van der Waals surface area contributed by atoms with Crippen LogP contribution in [0.4, 0.5) is 11.6 Å². The molecule has 4 rings (SSSR count). The monoisotopic (exact) mass is 441 g/mol. The van der Waals surface area contributed by atoms with E-state index in [1.54, 1.807) is 23.1 Å². The van der Waals surface area contributed by atoms with Gasteiger partial charge in [-0.05, 0) is 35.9 Å². The van der Waals surface area contributed by atoms with Gasteiger partial charge in [-0.2, -0.15) is 0 Å². The summed E-state index contributed by atoms with van der Waals surface area (Å²) in [6, 6.07) is 19.0. The van der Waals surface area contributed by atoms with Crippen molar-refractivity contribution in [3.05, 3.63) is 81.8 Å². The Labute approximate surface area is 185 Å². The fraction of sp³-hybridized carbons (Fsp3) is 0.227. The minimum absolute atomic E-state index is 0.0807. The van der Waals surface area contributed by atoms with Crippen LogP contribution >= 0.6 is 23.2 Å². The van der Waals surface area contributed by atoms with Crippen LogP contribution in [0.15, 0.2) is 60.7 Å². The Morgan fingerprint density at radius 1 is 0.933 bits per heavy atom. The lowest BCUT2D eigenvalue weighted by Crippen LogP contribution is -2.49. The van der Waals surface area contributed by atoms with Crippen LogP contribution in [-0.4, -0.2) is 47.2 Å². The molecule has 1 aromatic heterocycles. The number of aromatic nitrogens is 2. The van der Waals surface area contributed by atoms with Crippen LogP contribution in [0, 0.1) is 0 Å². The van der Waals surface area contributed by atoms with E-state index in [4.69, 9.17) is 23.2 Å². The van der Waals surface area contributed by atoms with Gasteiger partial charge in [0.1, 0.15) is 5.82 Å². The molecule has 2 aromatic carbocycles. The quantitative estimate of drug-likeness (QED) is 0.637. The van der Waals surface area contributed by atoms with Gasteiger partial charge >= 0.3 is 0 Å². The average molecular weight is 442 g/mol. The maximum atomic E-state index is 12.8. The van der Waals surface area contributed by atoms with E-state index in [0.29, 0.717) is 48.3 Å². The maximum Gasteiger partial charge on any atom is 0.255 e. The Morgan fingerprint density at radius 2 is 1.70 bits per heavy atom. The predicted molar refractivity (Wildman–Crippen MR) is 120 cm³/mol. The summed E-state index contributed by atoms with van der Waals surface area (Å²) in [5.41, 5.74) is 1.66. The van der Waals surface area contributed by atoms with Crippen molar-refractivity contribution in [3.8, 4) is 0 Å². The summed E-state index contributed by atoms with van der Waals surface area (Å²) in [4.78, 5) is 16.7.